The van der Waals surface area contributed by atoms with Crippen LogP contribution in [0.5, 0.6) is 0 Å². The number of amides is 1. The molecule has 0 aromatic heterocycles. The SMILES string of the molecule is CCOC(=O)/C(C#N)=C/c1ccc(NC(=O)C23C[C@H]4C[C@@H](CC(Cl)(C4)C2)C3)cc1. The summed E-state index contributed by atoms with van der Waals surface area (Å²) in [6, 6.07) is 8.99. The number of hydrogen-bond acceptors (Lipinski definition) is 4. The highest BCUT2D eigenvalue weighted by Crippen LogP contribution is 2.64. The van der Waals surface area contributed by atoms with E-state index in [1.54, 1.807) is 31.2 Å². The largest absolute Gasteiger partial charge is 0.462 e. The van der Waals surface area contributed by atoms with Crippen LogP contribution in [0.3, 0.4) is 0 Å². The highest BCUT2D eigenvalue weighted by Gasteiger charge is 2.60. The Hall–Kier alpha value is -2.32. The molecular formula is C23H25ClN2O3. The van der Waals surface area contributed by atoms with E-state index in [4.69, 9.17) is 21.6 Å². The number of carbonyl (C=O) groups is 2. The lowest BCUT2D eigenvalue weighted by Gasteiger charge is -2.59. The van der Waals surface area contributed by atoms with E-state index >= 15 is 0 Å². The Labute approximate surface area is 176 Å². The van der Waals surface area contributed by atoms with Gasteiger partial charge in [0.25, 0.3) is 0 Å². The highest BCUT2D eigenvalue weighted by atomic mass is 35.5. The van der Waals surface area contributed by atoms with Gasteiger partial charge >= 0.3 is 5.97 Å². The van der Waals surface area contributed by atoms with E-state index in [1.165, 1.54) is 12.5 Å². The highest BCUT2D eigenvalue weighted by molar-refractivity contribution is 6.24. The zero-order chi connectivity index (χ0) is 20.6. The number of rotatable bonds is 5. The Kier molecular flexibility index (Phi) is 5.16. The van der Waals surface area contributed by atoms with E-state index in [0.29, 0.717) is 23.1 Å². The molecule has 0 aliphatic heterocycles. The van der Waals surface area contributed by atoms with Crippen molar-refractivity contribution in [3.8, 4) is 6.07 Å². The fourth-order valence-electron chi connectivity index (χ4n) is 5.86. The number of hydrogen-bond donors (Lipinski definition) is 1. The van der Waals surface area contributed by atoms with Crippen molar-refractivity contribution in [3.63, 3.8) is 0 Å². The molecule has 5 rings (SSSR count). The minimum absolute atomic E-state index is 0.0513. The molecule has 29 heavy (non-hydrogen) atoms. The summed E-state index contributed by atoms with van der Waals surface area (Å²) < 4.78 is 4.87. The van der Waals surface area contributed by atoms with Crippen LogP contribution in [-0.4, -0.2) is 23.4 Å². The van der Waals surface area contributed by atoms with Crippen molar-refractivity contribution in [1.29, 1.82) is 5.26 Å². The van der Waals surface area contributed by atoms with Crippen LogP contribution >= 0.6 is 11.6 Å². The monoisotopic (exact) mass is 412 g/mol. The quantitative estimate of drug-likeness (QED) is 0.330. The number of ether oxygens (including phenoxy) is 1. The molecule has 152 valence electrons. The first kappa shape index (κ1) is 20.0. The molecule has 0 unspecified atom stereocenters. The number of esters is 1. The van der Waals surface area contributed by atoms with Crippen molar-refractivity contribution in [2.75, 3.05) is 11.9 Å². The van der Waals surface area contributed by atoms with Gasteiger partial charge in [0, 0.05) is 10.6 Å². The van der Waals surface area contributed by atoms with Crippen LogP contribution in [0.1, 0.15) is 51.0 Å². The molecule has 1 amide bonds. The topological polar surface area (TPSA) is 79.2 Å². The van der Waals surface area contributed by atoms with Crippen LogP contribution in [0.15, 0.2) is 29.8 Å². The summed E-state index contributed by atoms with van der Waals surface area (Å²) in [6.07, 6.45) is 7.44. The molecule has 1 aromatic carbocycles. The van der Waals surface area contributed by atoms with Crippen molar-refractivity contribution < 1.29 is 14.3 Å². The van der Waals surface area contributed by atoms with Gasteiger partial charge in [0.2, 0.25) is 5.91 Å². The summed E-state index contributed by atoms with van der Waals surface area (Å²) in [5.74, 6) is 0.576. The second kappa shape index (κ2) is 7.50. The lowest BCUT2D eigenvalue weighted by atomic mass is 9.49. The lowest BCUT2D eigenvalue weighted by Crippen LogP contribution is -2.57. The number of carbonyl (C=O) groups excluding carboxylic acids is 2. The fourth-order valence-corrected chi connectivity index (χ4v) is 6.55. The van der Waals surface area contributed by atoms with Gasteiger partial charge in [-0.3, -0.25) is 4.79 Å². The first-order valence-corrected chi connectivity index (χ1v) is 10.6. The summed E-state index contributed by atoms with van der Waals surface area (Å²) in [7, 11) is 0. The van der Waals surface area contributed by atoms with Gasteiger partial charge in [-0.25, -0.2) is 4.79 Å². The van der Waals surface area contributed by atoms with Gasteiger partial charge in [-0.15, -0.1) is 11.6 Å². The molecule has 6 heteroatoms. The molecule has 4 aliphatic carbocycles. The van der Waals surface area contributed by atoms with E-state index < -0.39 is 5.97 Å². The summed E-state index contributed by atoms with van der Waals surface area (Å²) in [5, 5.41) is 12.2. The van der Waals surface area contributed by atoms with Crippen LogP contribution in [0.4, 0.5) is 5.69 Å². The second-order valence-corrected chi connectivity index (χ2v) is 9.66. The molecule has 2 atom stereocenters. The molecule has 0 radical (unpaired) electrons. The first-order chi connectivity index (χ1) is 13.8. The van der Waals surface area contributed by atoms with Gasteiger partial charge in [-0.1, -0.05) is 12.1 Å². The average Bonchev–Trinajstić information content (AvgIpc) is 2.65. The Bertz CT molecular complexity index is 886. The maximum Gasteiger partial charge on any atom is 0.348 e. The number of nitriles is 1. The normalized spacial score (nSPS) is 32.5. The minimum Gasteiger partial charge on any atom is -0.462 e. The second-order valence-electron chi connectivity index (χ2n) is 8.86. The summed E-state index contributed by atoms with van der Waals surface area (Å²) in [5.41, 5.74) is 1.01. The summed E-state index contributed by atoms with van der Waals surface area (Å²) in [4.78, 5) is 24.7. The van der Waals surface area contributed by atoms with Crippen LogP contribution < -0.4 is 5.32 Å². The molecular weight excluding hydrogens is 388 g/mol. The first-order valence-electron chi connectivity index (χ1n) is 10.2. The maximum atomic E-state index is 13.2. The smallest absolute Gasteiger partial charge is 0.348 e. The Morgan fingerprint density at radius 3 is 2.45 bits per heavy atom. The number of benzene rings is 1. The van der Waals surface area contributed by atoms with Crippen LogP contribution in [0.25, 0.3) is 6.08 Å². The van der Waals surface area contributed by atoms with Crippen LogP contribution in [0, 0.1) is 28.6 Å². The number of nitrogens with one attached hydrogen (secondary N) is 1. The molecule has 4 aliphatic rings. The molecule has 4 fully saturated rings. The van der Waals surface area contributed by atoms with Crippen molar-refractivity contribution >= 4 is 35.2 Å². The maximum absolute atomic E-state index is 13.2. The third-order valence-corrected chi connectivity index (χ3v) is 7.01. The van der Waals surface area contributed by atoms with Gasteiger partial charge in [-0.05, 0) is 81.1 Å². The predicted octanol–water partition coefficient (Wildman–Crippen LogP) is 4.67. The van der Waals surface area contributed by atoms with E-state index in [9.17, 15) is 9.59 Å². The molecule has 4 bridgehead atoms. The number of halogens is 1. The molecule has 0 spiro atoms. The van der Waals surface area contributed by atoms with Crippen molar-refractivity contribution in [3.05, 3.63) is 35.4 Å². The number of nitrogens with zero attached hydrogens (tertiary/aromatic N) is 1. The minimum atomic E-state index is -0.635. The predicted molar refractivity (Wildman–Crippen MR) is 111 cm³/mol. The number of alkyl halides is 1. The van der Waals surface area contributed by atoms with Crippen molar-refractivity contribution in [2.24, 2.45) is 17.3 Å². The van der Waals surface area contributed by atoms with Gasteiger partial charge in [0.15, 0.2) is 0 Å². The standard InChI is InChI=1S/C23H25ClN2O3/c1-2-29-20(27)18(13-25)8-15-3-5-19(6-4-15)26-21(28)22-9-16-7-17(10-22)12-23(24,11-16)14-22/h3-6,8,16-17H,2,7,9-12,14H2,1H3,(H,26,28)/b18-8+/t16-,17-,22?,23?/m1/s1. The van der Waals surface area contributed by atoms with Crippen LogP contribution in [-0.2, 0) is 14.3 Å². The van der Waals surface area contributed by atoms with Crippen LogP contribution in [0.2, 0.25) is 0 Å². The van der Waals surface area contributed by atoms with E-state index in [2.05, 4.69) is 5.32 Å². The Morgan fingerprint density at radius 2 is 1.90 bits per heavy atom. The lowest BCUT2D eigenvalue weighted by molar-refractivity contribution is -0.139. The zero-order valence-corrected chi connectivity index (χ0v) is 17.3. The Balaban J connectivity index is 1.46. The summed E-state index contributed by atoms with van der Waals surface area (Å²) >= 11 is 6.85. The molecule has 4 saturated carbocycles. The molecule has 5 nitrogen and oxygen atoms in total. The van der Waals surface area contributed by atoms with Gasteiger partial charge in [0.1, 0.15) is 11.6 Å². The molecule has 0 heterocycles. The van der Waals surface area contributed by atoms with Crippen molar-refractivity contribution in [1.82, 2.24) is 0 Å². The van der Waals surface area contributed by atoms with Gasteiger partial charge in [-0.2, -0.15) is 5.26 Å². The van der Waals surface area contributed by atoms with Gasteiger partial charge in [0.05, 0.1) is 12.0 Å². The fraction of sp³-hybridized carbons (Fsp3) is 0.522. The molecule has 1 N–H and O–H groups in total. The number of anilines is 1. The Morgan fingerprint density at radius 1 is 1.24 bits per heavy atom. The van der Waals surface area contributed by atoms with E-state index in [0.717, 1.165) is 32.1 Å². The summed E-state index contributed by atoms with van der Waals surface area (Å²) in [6.45, 7) is 1.91. The van der Waals surface area contributed by atoms with Gasteiger partial charge < -0.3 is 10.1 Å². The van der Waals surface area contributed by atoms with E-state index in [-0.39, 0.29) is 28.4 Å². The van der Waals surface area contributed by atoms with Crippen molar-refractivity contribution in [2.45, 2.75) is 50.3 Å². The molecule has 1 aromatic rings. The zero-order valence-electron chi connectivity index (χ0n) is 16.5. The third kappa shape index (κ3) is 3.91. The van der Waals surface area contributed by atoms with E-state index in [1.807, 2.05) is 6.07 Å². The average molecular weight is 413 g/mol. The third-order valence-electron chi connectivity index (χ3n) is 6.57. The molecule has 0 saturated heterocycles.